The maximum atomic E-state index is 14.7. The van der Waals surface area contributed by atoms with Crippen molar-refractivity contribution in [3.63, 3.8) is 0 Å². The Bertz CT molecular complexity index is 1480. The van der Waals surface area contributed by atoms with Crippen LogP contribution in [0.2, 0.25) is 5.02 Å². The standard InChI is InChI=1S/C24H17ClF5NO5S/c25-19-11-15(26)10-18(23(19)27)13-4-6-21-20(8-13)31(12-16(36-21)5-7-22(32)33)37(34,35)17-3-1-2-14(9-17)24(28,29)30/h1-4,6,8-11,16H,5,7,12H2,(H,32,33)/t16-/m0/s1. The van der Waals surface area contributed by atoms with E-state index >= 15 is 0 Å². The lowest BCUT2D eigenvalue weighted by Crippen LogP contribution is -2.43. The van der Waals surface area contributed by atoms with E-state index in [-0.39, 0.29) is 35.4 Å². The normalized spacial score (nSPS) is 15.7. The Morgan fingerprint density at radius 3 is 2.51 bits per heavy atom. The molecule has 0 amide bonds. The predicted octanol–water partition coefficient (Wildman–Crippen LogP) is 6.13. The van der Waals surface area contributed by atoms with Crippen LogP contribution in [-0.4, -0.2) is 32.1 Å². The van der Waals surface area contributed by atoms with Gasteiger partial charge in [-0.05, 0) is 54.4 Å². The molecule has 0 aromatic heterocycles. The third-order valence-electron chi connectivity index (χ3n) is 5.62. The van der Waals surface area contributed by atoms with Crippen molar-refractivity contribution >= 4 is 33.3 Å². The minimum Gasteiger partial charge on any atom is -0.486 e. The molecule has 0 bridgehead atoms. The van der Waals surface area contributed by atoms with Gasteiger partial charge in [-0.3, -0.25) is 9.10 Å². The monoisotopic (exact) mass is 561 g/mol. The highest BCUT2D eigenvalue weighted by molar-refractivity contribution is 7.92. The van der Waals surface area contributed by atoms with Crippen LogP contribution in [0.3, 0.4) is 0 Å². The summed E-state index contributed by atoms with van der Waals surface area (Å²) in [6, 6.07) is 8.53. The summed E-state index contributed by atoms with van der Waals surface area (Å²) in [7, 11) is -4.64. The summed E-state index contributed by atoms with van der Waals surface area (Å²) in [5.74, 6) is -3.01. The molecular weight excluding hydrogens is 545 g/mol. The number of halogens is 6. The molecule has 13 heteroatoms. The summed E-state index contributed by atoms with van der Waals surface area (Å²) in [6.45, 7) is -0.436. The number of rotatable bonds is 6. The molecule has 1 aliphatic rings. The van der Waals surface area contributed by atoms with E-state index < -0.39 is 61.9 Å². The second kappa shape index (κ2) is 9.82. The highest BCUT2D eigenvalue weighted by atomic mass is 35.5. The summed E-state index contributed by atoms with van der Waals surface area (Å²) < 4.78 is 102. The molecule has 196 valence electrons. The molecule has 37 heavy (non-hydrogen) atoms. The quantitative estimate of drug-likeness (QED) is 0.289. The summed E-state index contributed by atoms with van der Waals surface area (Å²) in [6.07, 6.45) is -6.21. The number of ether oxygens (including phenoxy) is 1. The van der Waals surface area contributed by atoms with E-state index in [1.165, 1.54) is 18.2 Å². The van der Waals surface area contributed by atoms with Gasteiger partial charge in [-0.25, -0.2) is 17.2 Å². The maximum absolute atomic E-state index is 14.7. The molecule has 6 nitrogen and oxygen atoms in total. The van der Waals surface area contributed by atoms with Crippen molar-refractivity contribution in [1.82, 2.24) is 0 Å². The van der Waals surface area contributed by atoms with E-state index in [9.17, 15) is 35.2 Å². The molecule has 0 saturated heterocycles. The number of carbonyl (C=O) groups is 1. The van der Waals surface area contributed by atoms with Gasteiger partial charge in [0.15, 0.2) is 0 Å². The molecule has 0 saturated carbocycles. The van der Waals surface area contributed by atoms with Crippen LogP contribution in [0.5, 0.6) is 5.75 Å². The van der Waals surface area contributed by atoms with Crippen molar-refractivity contribution in [3.05, 3.63) is 76.8 Å². The average Bonchev–Trinajstić information content (AvgIpc) is 2.83. The van der Waals surface area contributed by atoms with Crippen LogP contribution >= 0.6 is 11.6 Å². The zero-order chi connectivity index (χ0) is 27.1. The molecule has 3 aromatic rings. The zero-order valence-electron chi connectivity index (χ0n) is 18.6. The smallest absolute Gasteiger partial charge is 0.416 e. The van der Waals surface area contributed by atoms with E-state index in [1.54, 1.807) is 0 Å². The molecule has 1 atom stereocenters. The van der Waals surface area contributed by atoms with Crippen molar-refractivity contribution in [2.24, 2.45) is 0 Å². The Balaban J connectivity index is 1.85. The van der Waals surface area contributed by atoms with Gasteiger partial charge in [0.2, 0.25) is 0 Å². The Morgan fingerprint density at radius 2 is 1.84 bits per heavy atom. The lowest BCUT2D eigenvalue weighted by Gasteiger charge is -2.36. The van der Waals surface area contributed by atoms with Gasteiger partial charge in [-0.2, -0.15) is 13.2 Å². The number of nitrogens with zero attached hydrogens (tertiary/aromatic N) is 1. The fourth-order valence-corrected chi connectivity index (χ4v) is 5.62. The Hall–Kier alpha value is -3.38. The third-order valence-corrected chi connectivity index (χ3v) is 7.67. The first-order valence-corrected chi connectivity index (χ1v) is 12.5. The third kappa shape index (κ3) is 5.49. The van der Waals surface area contributed by atoms with E-state index in [0.29, 0.717) is 6.07 Å². The van der Waals surface area contributed by atoms with Crippen LogP contribution in [0, 0.1) is 11.6 Å². The number of carboxylic acids is 1. The largest absolute Gasteiger partial charge is 0.486 e. The summed E-state index contributed by atoms with van der Waals surface area (Å²) >= 11 is 5.74. The van der Waals surface area contributed by atoms with Crippen molar-refractivity contribution < 1.29 is 45.0 Å². The van der Waals surface area contributed by atoms with Crippen molar-refractivity contribution in [2.75, 3.05) is 10.8 Å². The van der Waals surface area contributed by atoms with Gasteiger partial charge in [-0.15, -0.1) is 0 Å². The Labute approximate surface area is 212 Å². The highest BCUT2D eigenvalue weighted by Crippen LogP contribution is 2.42. The number of alkyl halides is 3. The molecule has 0 radical (unpaired) electrons. The number of sulfonamides is 1. The molecule has 0 unspecified atom stereocenters. The zero-order valence-corrected chi connectivity index (χ0v) is 20.2. The van der Waals surface area contributed by atoms with Crippen LogP contribution < -0.4 is 9.04 Å². The second-order valence-electron chi connectivity index (χ2n) is 8.17. The first-order chi connectivity index (χ1) is 17.3. The van der Waals surface area contributed by atoms with Gasteiger partial charge < -0.3 is 9.84 Å². The van der Waals surface area contributed by atoms with Gasteiger partial charge in [0, 0.05) is 12.0 Å². The minimum absolute atomic E-state index is 0.0227. The molecule has 1 N–H and O–H groups in total. The van der Waals surface area contributed by atoms with Crippen molar-refractivity contribution in [3.8, 4) is 16.9 Å². The molecule has 3 aromatic carbocycles. The summed E-state index contributed by atoms with van der Waals surface area (Å²) in [5, 5.41) is 8.50. The number of hydrogen-bond donors (Lipinski definition) is 1. The van der Waals surface area contributed by atoms with Gasteiger partial charge >= 0.3 is 12.1 Å². The van der Waals surface area contributed by atoms with E-state index in [0.717, 1.165) is 34.6 Å². The maximum Gasteiger partial charge on any atom is 0.416 e. The first kappa shape index (κ1) is 26.7. The second-order valence-corrected chi connectivity index (χ2v) is 10.4. The number of anilines is 1. The van der Waals surface area contributed by atoms with E-state index in [2.05, 4.69) is 0 Å². The predicted molar refractivity (Wildman–Crippen MR) is 124 cm³/mol. The van der Waals surface area contributed by atoms with Crippen LogP contribution in [0.15, 0.2) is 59.5 Å². The number of aliphatic carboxylic acids is 1. The number of carboxylic acid groups (broad SMARTS) is 1. The molecule has 0 fully saturated rings. The van der Waals surface area contributed by atoms with Crippen LogP contribution in [0.25, 0.3) is 11.1 Å². The molecule has 1 aliphatic heterocycles. The molecule has 0 spiro atoms. The number of benzene rings is 3. The number of fused-ring (bicyclic) bond motifs is 1. The topological polar surface area (TPSA) is 83.9 Å². The van der Waals surface area contributed by atoms with Crippen molar-refractivity contribution in [2.45, 2.75) is 30.0 Å². The van der Waals surface area contributed by atoms with Gasteiger partial charge in [0.1, 0.15) is 23.5 Å². The fraction of sp³-hybridized carbons (Fsp3) is 0.208. The van der Waals surface area contributed by atoms with Crippen molar-refractivity contribution in [1.29, 1.82) is 0 Å². The lowest BCUT2D eigenvalue weighted by atomic mass is 10.0. The van der Waals surface area contributed by atoms with Crippen LogP contribution in [0.4, 0.5) is 27.6 Å². The Kier molecular flexibility index (Phi) is 7.08. The minimum atomic E-state index is -4.81. The lowest BCUT2D eigenvalue weighted by molar-refractivity contribution is -0.138. The van der Waals surface area contributed by atoms with Crippen LogP contribution in [0.1, 0.15) is 18.4 Å². The van der Waals surface area contributed by atoms with Crippen LogP contribution in [-0.2, 0) is 21.0 Å². The van der Waals surface area contributed by atoms with E-state index in [1.807, 2.05) is 0 Å². The van der Waals surface area contributed by atoms with E-state index in [4.69, 9.17) is 21.4 Å². The average molecular weight is 562 g/mol. The highest BCUT2D eigenvalue weighted by Gasteiger charge is 2.37. The molecule has 1 heterocycles. The van der Waals surface area contributed by atoms with Gasteiger partial charge in [0.05, 0.1) is 27.7 Å². The number of hydrogen-bond acceptors (Lipinski definition) is 4. The summed E-state index contributed by atoms with van der Waals surface area (Å²) in [5.41, 5.74) is -1.59. The van der Waals surface area contributed by atoms with Gasteiger partial charge in [0.25, 0.3) is 10.0 Å². The summed E-state index contributed by atoms with van der Waals surface area (Å²) in [4.78, 5) is 10.4. The fourth-order valence-electron chi connectivity index (χ4n) is 3.87. The molecule has 4 rings (SSSR count). The van der Waals surface area contributed by atoms with Gasteiger partial charge in [-0.1, -0.05) is 23.7 Å². The Morgan fingerprint density at radius 1 is 1.11 bits per heavy atom. The SMILES string of the molecule is O=C(O)CC[C@H]1CN(S(=O)(=O)c2cccc(C(F)(F)F)c2)c2cc(-c3cc(F)cc(Cl)c3F)ccc2O1. The molecule has 0 aliphatic carbocycles. The first-order valence-electron chi connectivity index (χ1n) is 10.6. The molecular formula is C24H17ClF5NO5S.